The van der Waals surface area contributed by atoms with E-state index in [0.29, 0.717) is 32.7 Å². The van der Waals surface area contributed by atoms with Gasteiger partial charge in [0.15, 0.2) is 0 Å². The van der Waals surface area contributed by atoms with Gasteiger partial charge in [0.25, 0.3) is 0 Å². The van der Waals surface area contributed by atoms with Gasteiger partial charge in [-0.05, 0) is 37.0 Å². The SMILES string of the molecule is COc1ccc(C2(CNC(=O)C3CC(O)CN3)CCOCC2)cc1. The molecule has 0 radical (unpaired) electrons. The van der Waals surface area contributed by atoms with Crippen LogP contribution in [0.1, 0.15) is 24.8 Å². The number of benzene rings is 1. The zero-order valence-electron chi connectivity index (χ0n) is 14.1. The Balaban J connectivity index is 1.70. The number of ether oxygens (including phenoxy) is 2. The van der Waals surface area contributed by atoms with Crippen LogP contribution in [0.2, 0.25) is 0 Å². The highest BCUT2D eigenvalue weighted by Crippen LogP contribution is 2.35. The molecule has 2 heterocycles. The second-order valence-corrected chi connectivity index (χ2v) is 6.69. The van der Waals surface area contributed by atoms with Gasteiger partial charge < -0.3 is 25.2 Å². The quantitative estimate of drug-likeness (QED) is 0.734. The molecule has 2 atom stereocenters. The summed E-state index contributed by atoms with van der Waals surface area (Å²) >= 11 is 0. The van der Waals surface area contributed by atoms with Crippen molar-refractivity contribution in [1.29, 1.82) is 0 Å². The Morgan fingerprint density at radius 3 is 2.67 bits per heavy atom. The lowest BCUT2D eigenvalue weighted by Crippen LogP contribution is -2.48. The maximum absolute atomic E-state index is 12.4. The molecule has 2 saturated heterocycles. The molecule has 132 valence electrons. The van der Waals surface area contributed by atoms with Crippen LogP contribution < -0.4 is 15.4 Å². The van der Waals surface area contributed by atoms with E-state index >= 15 is 0 Å². The van der Waals surface area contributed by atoms with Crippen molar-refractivity contribution in [3.05, 3.63) is 29.8 Å². The monoisotopic (exact) mass is 334 g/mol. The molecule has 6 heteroatoms. The number of rotatable bonds is 5. The Morgan fingerprint density at radius 2 is 2.08 bits per heavy atom. The lowest BCUT2D eigenvalue weighted by atomic mass is 9.74. The first-order valence-corrected chi connectivity index (χ1v) is 8.54. The maximum Gasteiger partial charge on any atom is 0.237 e. The van der Waals surface area contributed by atoms with Gasteiger partial charge in [0.1, 0.15) is 5.75 Å². The lowest BCUT2D eigenvalue weighted by molar-refractivity contribution is -0.123. The second kappa shape index (κ2) is 7.51. The molecule has 1 aromatic rings. The van der Waals surface area contributed by atoms with Crippen LogP contribution in [0.3, 0.4) is 0 Å². The van der Waals surface area contributed by atoms with Gasteiger partial charge in [-0.15, -0.1) is 0 Å². The van der Waals surface area contributed by atoms with Crippen LogP contribution in [0.25, 0.3) is 0 Å². The Bertz CT molecular complexity index is 555. The number of aliphatic hydroxyl groups is 1. The summed E-state index contributed by atoms with van der Waals surface area (Å²) in [7, 11) is 1.66. The Hall–Kier alpha value is -1.63. The van der Waals surface area contributed by atoms with E-state index in [-0.39, 0.29) is 17.4 Å². The van der Waals surface area contributed by atoms with Gasteiger partial charge >= 0.3 is 0 Å². The normalized spacial score (nSPS) is 26.1. The molecular weight excluding hydrogens is 308 g/mol. The number of hydrogen-bond acceptors (Lipinski definition) is 5. The maximum atomic E-state index is 12.4. The van der Waals surface area contributed by atoms with Crippen molar-refractivity contribution in [2.45, 2.75) is 36.8 Å². The Labute approximate surface area is 142 Å². The zero-order chi connectivity index (χ0) is 17.0. The summed E-state index contributed by atoms with van der Waals surface area (Å²) < 4.78 is 10.8. The van der Waals surface area contributed by atoms with Gasteiger partial charge in [0.05, 0.1) is 19.3 Å². The van der Waals surface area contributed by atoms with Gasteiger partial charge in [-0.1, -0.05) is 12.1 Å². The molecule has 0 saturated carbocycles. The minimum absolute atomic E-state index is 0.0362. The van der Waals surface area contributed by atoms with Gasteiger partial charge in [-0.3, -0.25) is 4.79 Å². The highest BCUT2D eigenvalue weighted by molar-refractivity contribution is 5.82. The summed E-state index contributed by atoms with van der Waals surface area (Å²) in [5.74, 6) is 0.792. The average molecular weight is 334 g/mol. The first kappa shape index (κ1) is 17.2. The third kappa shape index (κ3) is 3.71. The van der Waals surface area contributed by atoms with E-state index < -0.39 is 6.10 Å². The highest BCUT2D eigenvalue weighted by atomic mass is 16.5. The summed E-state index contributed by atoms with van der Waals surface area (Å²) in [5, 5.41) is 15.7. The van der Waals surface area contributed by atoms with E-state index in [4.69, 9.17) is 9.47 Å². The van der Waals surface area contributed by atoms with E-state index in [1.807, 2.05) is 12.1 Å². The van der Waals surface area contributed by atoms with E-state index in [0.717, 1.165) is 18.6 Å². The number of carbonyl (C=O) groups is 1. The van der Waals surface area contributed by atoms with Crippen molar-refractivity contribution in [3.8, 4) is 5.75 Å². The molecule has 0 bridgehead atoms. The molecule has 24 heavy (non-hydrogen) atoms. The van der Waals surface area contributed by atoms with Gasteiger partial charge in [-0.2, -0.15) is 0 Å². The molecule has 0 spiro atoms. The molecule has 0 aromatic heterocycles. The number of carbonyl (C=O) groups excluding carboxylic acids is 1. The molecule has 1 aromatic carbocycles. The standard InChI is InChI=1S/C18H26N2O4/c1-23-15-4-2-13(3-5-15)18(6-8-24-9-7-18)12-20-17(22)16-10-14(21)11-19-16/h2-5,14,16,19,21H,6-12H2,1H3,(H,20,22). The van der Waals surface area contributed by atoms with E-state index in [2.05, 4.69) is 22.8 Å². The van der Waals surface area contributed by atoms with Crippen molar-refractivity contribution in [1.82, 2.24) is 10.6 Å². The van der Waals surface area contributed by atoms with Crippen LogP contribution >= 0.6 is 0 Å². The molecule has 2 unspecified atom stereocenters. The fraction of sp³-hybridized carbons (Fsp3) is 0.611. The summed E-state index contributed by atoms with van der Waals surface area (Å²) in [6.07, 6.45) is 1.80. The molecular formula is C18H26N2O4. The predicted octanol–water partition coefficient (Wildman–Crippen LogP) is 0.582. The molecule has 2 fully saturated rings. The van der Waals surface area contributed by atoms with E-state index in [1.165, 1.54) is 5.56 Å². The second-order valence-electron chi connectivity index (χ2n) is 6.69. The van der Waals surface area contributed by atoms with Crippen molar-refractivity contribution >= 4 is 5.91 Å². The average Bonchev–Trinajstić information content (AvgIpc) is 3.07. The smallest absolute Gasteiger partial charge is 0.237 e. The third-order valence-corrected chi connectivity index (χ3v) is 5.18. The fourth-order valence-electron chi connectivity index (χ4n) is 3.57. The number of β-amino-alcohol motifs (C(OH)–C–C–N with tert-alkyl or cyclic N) is 1. The topological polar surface area (TPSA) is 79.8 Å². The minimum atomic E-state index is -0.431. The first-order valence-electron chi connectivity index (χ1n) is 8.54. The summed E-state index contributed by atoms with van der Waals surface area (Å²) in [6, 6.07) is 7.78. The van der Waals surface area contributed by atoms with Crippen molar-refractivity contribution in [3.63, 3.8) is 0 Å². The van der Waals surface area contributed by atoms with Crippen LogP contribution in [0.15, 0.2) is 24.3 Å². The molecule has 0 aliphatic carbocycles. The number of nitrogens with one attached hydrogen (secondary N) is 2. The number of hydrogen-bond donors (Lipinski definition) is 3. The highest BCUT2D eigenvalue weighted by Gasteiger charge is 2.36. The Kier molecular flexibility index (Phi) is 5.38. The molecule has 2 aliphatic rings. The lowest BCUT2D eigenvalue weighted by Gasteiger charge is -2.38. The zero-order valence-corrected chi connectivity index (χ0v) is 14.1. The van der Waals surface area contributed by atoms with Gasteiger partial charge in [-0.25, -0.2) is 0 Å². The summed E-state index contributed by atoms with van der Waals surface area (Å²) in [6.45, 7) is 2.45. The molecule has 2 aliphatic heterocycles. The first-order chi connectivity index (χ1) is 11.6. The largest absolute Gasteiger partial charge is 0.497 e. The van der Waals surface area contributed by atoms with Crippen molar-refractivity contribution in [2.75, 3.05) is 33.4 Å². The minimum Gasteiger partial charge on any atom is -0.497 e. The van der Waals surface area contributed by atoms with Crippen LogP contribution in [-0.2, 0) is 14.9 Å². The molecule has 3 N–H and O–H groups in total. The van der Waals surface area contributed by atoms with Crippen LogP contribution in [-0.4, -0.2) is 56.6 Å². The molecule has 6 nitrogen and oxygen atoms in total. The Morgan fingerprint density at radius 1 is 1.38 bits per heavy atom. The number of methoxy groups -OCH3 is 1. The number of aliphatic hydroxyl groups excluding tert-OH is 1. The van der Waals surface area contributed by atoms with Crippen molar-refractivity contribution in [2.24, 2.45) is 0 Å². The van der Waals surface area contributed by atoms with Crippen LogP contribution in [0.5, 0.6) is 5.75 Å². The fourth-order valence-corrected chi connectivity index (χ4v) is 3.57. The predicted molar refractivity (Wildman–Crippen MR) is 90.1 cm³/mol. The van der Waals surface area contributed by atoms with Gasteiger partial charge in [0.2, 0.25) is 5.91 Å². The van der Waals surface area contributed by atoms with Crippen LogP contribution in [0, 0.1) is 0 Å². The van der Waals surface area contributed by atoms with Gasteiger partial charge in [0, 0.05) is 31.7 Å². The third-order valence-electron chi connectivity index (χ3n) is 5.18. The summed E-state index contributed by atoms with van der Waals surface area (Å²) in [5.41, 5.74) is 1.09. The van der Waals surface area contributed by atoms with Crippen LogP contribution in [0.4, 0.5) is 0 Å². The van der Waals surface area contributed by atoms with E-state index in [1.54, 1.807) is 7.11 Å². The van der Waals surface area contributed by atoms with Crippen molar-refractivity contribution < 1.29 is 19.4 Å². The van der Waals surface area contributed by atoms with E-state index in [9.17, 15) is 9.90 Å². The molecule has 3 rings (SSSR count). The summed E-state index contributed by atoms with van der Waals surface area (Å²) in [4.78, 5) is 12.4. The number of amides is 1. The molecule has 1 amide bonds.